The number of unbranched alkanes of at least 4 members (excludes halogenated alkanes) is 2. The first-order valence-corrected chi connectivity index (χ1v) is 5.95. The molecule has 0 saturated heterocycles. The van der Waals surface area contributed by atoms with Crippen molar-refractivity contribution in [2.24, 2.45) is 0 Å². The van der Waals surface area contributed by atoms with Gasteiger partial charge < -0.3 is 24.9 Å². The fourth-order valence-corrected chi connectivity index (χ4v) is 0.541. The molecule has 17 heavy (non-hydrogen) atoms. The predicted molar refractivity (Wildman–Crippen MR) is 68.3 cm³/mol. The maximum atomic E-state index is 9.10. The van der Waals surface area contributed by atoms with Crippen molar-refractivity contribution in [3.05, 3.63) is 0 Å². The van der Waals surface area contributed by atoms with Gasteiger partial charge in [-0.3, -0.25) is 0 Å². The Balaban J connectivity index is 0. The van der Waals surface area contributed by atoms with Gasteiger partial charge in [-0.1, -0.05) is 19.8 Å². The van der Waals surface area contributed by atoms with Crippen LogP contribution in [0.25, 0.3) is 0 Å². The van der Waals surface area contributed by atoms with Crippen LogP contribution >= 0.6 is 0 Å². The van der Waals surface area contributed by atoms with E-state index in [1.807, 2.05) is 0 Å². The van der Waals surface area contributed by atoms with Gasteiger partial charge in [0.25, 0.3) is 0 Å². The average Bonchev–Trinajstić information content (AvgIpc) is 2.10. The van der Waals surface area contributed by atoms with Crippen molar-refractivity contribution in [2.75, 3.05) is 6.61 Å². The third-order valence-corrected chi connectivity index (χ3v) is 2.51. The highest BCUT2D eigenvalue weighted by Gasteiger charge is 2.31. The number of rotatable bonds is 6. The zero-order valence-corrected chi connectivity index (χ0v) is 11.6. The summed E-state index contributed by atoms with van der Waals surface area (Å²) in [7, 11) is -1.60. The van der Waals surface area contributed by atoms with Crippen molar-refractivity contribution in [3.8, 4) is 0 Å². The van der Waals surface area contributed by atoms with Gasteiger partial charge in [0.15, 0.2) is 0 Å². The summed E-state index contributed by atoms with van der Waals surface area (Å²) in [6.45, 7) is 8.82. The second-order valence-corrected chi connectivity index (χ2v) is 5.02. The Bertz CT molecular complexity index is 160. The molecule has 0 aliphatic heterocycles. The maximum absolute atomic E-state index is 9.10. The van der Waals surface area contributed by atoms with Crippen LogP contribution in [0.4, 0.5) is 0 Å². The third-order valence-electron chi connectivity index (χ3n) is 2.51. The van der Waals surface area contributed by atoms with Crippen LogP contribution in [0.1, 0.15) is 53.9 Å². The quantitative estimate of drug-likeness (QED) is 0.411. The maximum Gasteiger partial charge on any atom is 0.633 e. The number of aliphatic hydroxyl groups is 2. The SMILES string of the molecule is CC(C)(O)C(C)(C)O.CCCCCOB(O)O. The molecule has 104 valence electrons. The molecule has 0 amide bonds. The molecule has 0 aromatic heterocycles. The van der Waals surface area contributed by atoms with Gasteiger partial charge in [-0.15, -0.1) is 0 Å². The topological polar surface area (TPSA) is 90.2 Å². The first-order chi connectivity index (χ1) is 7.52. The van der Waals surface area contributed by atoms with Gasteiger partial charge in [-0.05, 0) is 34.1 Å². The van der Waals surface area contributed by atoms with Crippen molar-refractivity contribution in [1.82, 2.24) is 0 Å². The first-order valence-electron chi connectivity index (χ1n) is 5.95. The Hall–Kier alpha value is -0.135. The summed E-state index contributed by atoms with van der Waals surface area (Å²) in [4.78, 5) is 0. The number of hydrogen-bond acceptors (Lipinski definition) is 5. The Labute approximate surface area is 105 Å². The summed E-state index contributed by atoms with van der Waals surface area (Å²) in [5.41, 5.74) is -2.01. The van der Waals surface area contributed by atoms with Crippen LogP contribution in [-0.4, -0.2) is 45.4 Å². The predicted octanol–water partition coefficient (Wildman–Crippen LogP) is 0.691. The lowest BCUT2D eigenvalue weighted by Crippen LogP contribution is -2.44. The van der Waals surface area contributed by atoms with Crippen molar-refractivity contribution < 1.29 is 24.9 Å². The molecule has 0 saturated carbocycles. The highest BCUT2D eigenvalue weighted by molar-refractivity contribution is 6.32. The molecule has 4 N–H and O–H groups in total. The van der Waals surface area contributed by atoms with E-state index >= 15 is 0 Å². The molecule has 5 nitrogen and oxygen atoms in total. The molecule has 0 unspecified atom stereocenters. The second kappa shape index (κ2) is 8.88. The molecule has 0 heterocycles. The fraction of sp³-hybridized carbons (Fsp3) is 1.00. The lowest BCUT2D eigenvalue weighted by molar-refractivity contribution is -0.107. The standard InChI is InChI=1S/C6H14O2.C5H13BO3/c1-5(2,7)6(3,4)8;1-2-3-4-5-9-6(7)8/h7-8H,1-4H3;7-8H,2-5H2,1H3. The average molecular weight is 250 g/mol. The second-order valence-electron chi connectivity index (χ2n) is 5.02. The molecule has 0 bridgehead atoms. The number of hydrogen-bond donors (Lipinski definition) is 4. The zero-order valence-electron chi connectivity index (χ0n) is 11.6. The van der Waals surface area contributed by atoms with E-state index in [2.05, 4.69) is 11.6 Å². The normalized spacial score (nSPS) is 11.8. The highest BCUT2D eigenvalue weighted by atomic mass is 16.6. The van der Waals surface area contributed by atoms with Crippen LogP contribution in [0.3, 0.4) is 0 Å². The molecule has 0 rings (SSSR count). The molecule has 0 aromatic rings. The fourth-order valence-electron chi connectivity index (χ4n) is 0.541. The highest BCUT2D eigenvalue weighted by Crippen LogP contribution is 2.19. The van der Waals surface area contributed by atoms with Crippen LogP contribution < -0.4 is 0 Å². The summed E-state index contributed by atoms with van der Waals surface area (Å²) in [6, 6.07) is 0. The van der Waals surface area contributed by atoms with E-state index in [1.165, 1.54) is 0 Å². The van der Waals surface area contributed by atoms with Gasteiger partial charge >= 0.3 is 7.32 Å². The Kier molecular flexibility index (Phi) is 10.0. The van der Waals surface area contributed by atoms with Crippen molar-refractivity contribution in [2.45, 2.75) is 65.1 Å². The molecule has 0 aromatic carbocycles. The molecule has 0 aliphatic rings. The molecular formula is C11H27BO5. The summed E-state index contributed by atoms with van der Waals surface area (Å²) in [6.07, 6.45) is 3.09. The molecule has 0 atom stereocenters. The third kappa shape index (κ3) is 13.8. The van der Waals surface area contributed by atoms with Crippen LogP contribution in [-0.2, 0) is 4.65 Å². The monoisotopic (exact) mass is 250 g/mol. The van der Waals surface area contributed by atoms with Gasteiger partial charge in [-0.25, -0.2) is 0 Å². The zero-order chi connectivity index (χ0) is 14.1. The molecular weight excluding hydrogens is 223 g/mol. The molecule has 0 radical (unpaired) electrons. The van der Waals surface area contributed by atoms with Crippen LogP contribution in [0, 0.1) is 0 Å². The summed E-state index contributed by atoms with van der Waals surface area (Å²) < 4.78 is 4.46. The van der Waals surface area contributed by atoms with Gasteiger partial charge in [0, 0.05) is 6.61 Å². The minimum absolute atomic E-state index is 0.436. The van der Waals surface area contributed by atoms with E-state index in [1.54, 1.807) is 27.7 Å². The van der Waals surface area contributed by atoms with Crippen LogP contribution in [0.15, 0.2) is 0 Å². The van der Waals surface area contributed by atoms with Gasteiger partial charge in [0.2, 0.25) is 0 Å². The molecule has 0 fully saturated rings. The summed E-state index contributed by atoms with van der Waals surface area (Å²) in [5.74, 6) is 0. The van der Waals surface area contributed by atoms with E-state index < -0.39 is 18.5 Å². The lowest BCUT2D eigenvalue weighted by Gasteiger charge is -2.31. The van der Waals surface area contributed by atoms with Crippen molar-refractivity contribution >= 4 is 7.32 Å². The lowest BCUT2D eigenvalue weighted by atomic mass is 9.90. The van der Waals surface area contributed by atoms with E-state index in [4.69, 9.17) is 20.3 Å². The Morgan fingerprint density at radius 1 is 0.941 bits per heavy atom. The van der Waals surface area contributed by atoms with Crippen LogP contribution in [0.2, 0.25) is 0 Å². The van der Waals surface area contributed by atoms with E-state index in [0.29, 0.717) is 6.61 Å². The minimum Gasteiger partial charge on any atom is -0.402 e. The van der Waals surface area contributed by atoms with E-state index in [0.717, 1.165) is 19.3 Å². The van der Waals surface area contributed by atoms with Crippen molar-refractivity contribution in [3.63, 3.8) is 0 Å². The molecule has 0 spiro atoms. The van der Waals surface area contributed by atoms with Crippen LogP contribution in [0.5, 0.6) is 0 Å². The Morgan fingerprint density at radius 2 is 1.35 bits per heavy atom. The van der Waals surface area contributed by atoms with E-state index in [9.17, 15) is 0 Å². The molecule has 0 aliphatic carbocycles. The van der Waals surface area contributed by atoms with Crippen molar-refractivity contribution in [1.29, 1.82) is 0 Å². The Morgan fingerprint density at radius 3 is 1.59 bits per heavy atom. The first kappa shape index (κ1) is 19.2. The largest absolute Gasteiger partial charge is 0.633 e. The van der Waals surface area contributed by atoms with Gasteiger partial charge in [0.05, 0.1) is 11.2 Å². The van der Waals surface area contributed by atoms with Gasteiger partial charge in [0.1, 0.15) is 0 Å². The minimum atomic E-state index is -1.60. The summed E-state index contributed by atoms with van der Waals surface area (Å²) in [5, 5.41) is 34.6. The summed E-state index contributed by atoms with van der Waals surface area (Å²) >= 11 is 0. The molecule has 6 heteroatoms. The smallest absolute Gasteiger partial charge is 0.402 e. The van der Waals surface area contributed by atoms with E-state index in [-0.39, 0.29) is 0 Å². The van der Waals surface area contributed by atoms with Gasteiger partial charge in [-0.2, -0.15) is 0 Å².